The van der Waals surface area contributed by atoms with Crippen molar-refractivity contribution in [1.29, 1.82) is 0 Å². The molecule has 204 valence electrons. The van der Waals surface area contributed by atoms with Gasteiger partial charge in [0.05, 0.1) is 26.0 Å². The maximum absolute atomic E-state index is 12.8. The van der Waals surface area contributed by atoms with Crippen molar-refractivity contribution in [2.45, 2.75) is 70.8 Å². The zero-order valence-electron chi connectivity index (χ0n) is 21.4. The van der Waals surface area contributed by atoms with Gasteiger partial charge in [0.2, 0.25) is 0 Å². The molecule has 0 aliphatic heterocycles. The topological polar surface area (TPSA) is 147 Å². The second kappa shape index (κ2) is 15.8. The SMILES string of the molecule is CCC(C)(OCC(C)(OCC(C)(OC)C(=O)NC(C)C)C(=O)OCCO)C(=O)OCCP(=O)=S=S. The van der Waals surface area contributed by atoms with Gasteiger partial charge in [-0.1, -0.05) is 6.92 Å². The molecule has 4 atom stereocenters. The van der Waals surface area contributed by atoms with Gasteiger partial charge in [0.25, 0.3) is 5.91 Å². The van der Waals surface area contributed by atoms with Crippen molar-refractivity contribution < 1.29 is 47.7 Å². The zero-order valence-corrected chi connectivity index (χ0v) is 23.9. The summed E-state index contributed by atoms with van der Waals surface area (Å²) in [6, 6.07) is -0.152. The van der Waals surface area contributed by atoms with Crippen molar-refractivity contribution in [3.05, 3.63) is 0 Å². The first-order chi connectivity index (χ1) is 16.2. The van der Waals surface area contributed by atoms with E-state index in [0.29, 0.717) is 0 Å². The Morgan fingerprint density at radius 1 is 1.00 bits per heavy atom. The van der Waals surface area contributed by atoms with E-state index >= 15 is 0 Å². The van der Waals surface area contributed by atoms with Crippen LogP contribution >= 0.6 is 6.58 Å². The van der Waals surface area contributed by atoms with E-state index in [-0.39, 0.29) is 38.4 Å². The summed E-state index contributed by atoms with van der Waals surface area (Å²) in [5.74, 6) is -2.01. The maximum atomic E-state index is 12.8. The molecule has 0 spiro atoms. The first-order valence-electron chi connectivity index (χ1n) is 11.1. The summed E-state index contributed by atoms with van der Waals surface area (Å²) in [5.41, 5.74) is -4.64. The summed E-state index contributed by atoms with van der Waals surface area (Å²) in [6.45, 7) is 6.40. The number of aliphatic hydroxyl groups excluding tert-OH is 1. The van der Waals surface area contributed by atoms with Gasteiger partial charge in [0, 0.05) is 13.2 Å². The molecule has 0 heterocycles. The lowest BCUT2D eigenvalue weighted by Crippen LogP contribution is -2.55. The van der Waals surface area contributed by atoms with Gasteiger partial charge in [-0.2, -0.15) is 0 Å². The Bertz CT molecular complexity index is 831. The highest BCUT2D eigenvalue weighted by molar-refractivity contribution is 8.32. The van der Waals surface area contributed by atoms with Crippen molar-refractivity contribution in [3.63, 3.8) is 0 Å². The number of carbonyl (C=O) groups excluding carboxylic acids is 3. The third-order valence-electron chi connectivity index (χ3n) is 5.14. The van der Waals surface area contributed by atoms with Crippen molar-refractivity contribution in [2.75, 3.05) is 46.3 Å². The molecular formula is C21H38NO10PS2. The Hall–Kier alpha value is -1.21. The van der Waals surface area contributed by atoms with Crippen LogP contribution in [-0.2, 0) is 63.3 Å². The van der Waals surface area contributed by atoms with Crippen LogP contribution in [0.1, 0.15) is 48.0 Å². The monoisotopic (exact) mass is 559 g/mol. The summed E-state index contributed by atoms with van der Waals surface area (Å²) in [5, 5.41) is 11.8. The number of ether oxygens (including phenoxy) is 5. The van der Waals surface area contributed by atoms with Crippen molar-refractivity contribution in [1.82, 2.24) is 5.32 Å². The van der Waals surface area contributed by atoms with Crippen LogP contribution in [0, 0.1) is 0 Å². The molecule has 0 aromatic heterocycles. The Morgan fingerprint density at radius 3 is 2.00 bits per heavy atom. The number of hydrogen-bond acceptors (Lipinski definition) is 11. The van der Waals surface area contributed by atoms with Crippen LogP contribution in [0.25, 0.3) is 0 Å². The Labute approximate surface area is 215 Å². The molecule has 2 N–H and O–H groups in total. The van der Waals surface area contributed by atoms with Gasteiger partial charge < -0.3 is 34.1 Å². The molecule has 0 saturated carbocycles. The molecule has 0 aliphatic carbocycles. The number of nitrogens with one attached hydrogen (secondary N) is 1. The van der Waals surface area contributed by atoms with Gasteiger partial charge in [-0.3, -0.25) is 9.36 Å². The van der Waals surface area contributed by atoms with Gasteiger partial charge in [-0.15, -0.1) is 0 Å². The lowest BCUT2D eigenvalue weighted by atomic mass is 10.0. The predicted octanol–water partition coefficient (Wildman–Crippen LogP) is 1.24. The average molecular weight is 560 g/mol. The first kappa shape index (κ1) is 33.8. The quantitative estimate of drug-likeness (QED) is 0.196. The second-order valence-electron chi connectivity index (χ2n) is 8.58. The van der Waals surface area contributed by atoms with Gasteiger partial charge in [-0.25, -0.2) is 9.59 Å². The highest BCUT2D eigenvalue weighted by Crippen LogP contribution is 2.25. The average Bonchev–Trinajstić information content (AvgIpc) is 2.83. The Kier molecular flexibility index (Phi) is 15.3. The number of methoxy groups -OCH3 is 1. The number of hydrogen-bond donors (Lipinski definition) is 2. The molecule has 0 bridgehead atoms. The van der Waals surface area contributed by atoms with E-state index in [0.717, 1.165) is 9.50 Å². The summed E-state index contributed by atoms with van der Waals surface area (Å²) >= 11 is 4.64. The Morgan fingerprint density at radius 2 is 1.51 bits per heavy atom. The summed E-state index contributed by atoms with van der Waals surface area (Å²) in [6.07, 6.45) is 0.305. The fourth-order valence-corrected chi connectivity index (χ4v) is 3.82. The van der Waals surface area contributed by atoms with E-state index in [1.807, 2.05) is 0 Å². The summed E-state index contributed by atoms with van der Waals surface area (Å²) in [4.78, 5) is 38.0. The van der Waals surface area contributed by atoms with Crippen molar-refractivity contribution in [3.8, 4) is 0 Å². The van der Waals surface area contributed by atoms with Crippen LogP contribution in [0.15, 0.2) is 0 Å². The van der Waals surface area contributed by atoms with Crippen LogP contribution in [0.5, 0.6) is 0 Å². The highest BCUT2D eigenvalue weighted by Gasteiger charge is 2.45. The molecule has 1 amide bonds. The molecule has 11 nitrogen and oxygen atoms in total. The lowest BCUT2D eigenvalue weighted by molar-refractivity contribution is -0.206. The van der Waals surface area contributed by atoms with Gasteiger partial charge in [0.15, 0.2) is 23.4 Å². The fourth-order valence-electron chi connectivity index (χ4n) is 2.38. The second-order valence-corrected chi connectivity index (χ2v) is 12.9. The molecule has 0 saturated heterocycles. The van der Waals surface area contributed by atoms with Gasteiger partial charge >= 0.3 is 11.9 Å². The van der Waals surface area contributed by atoms with E-state index in [2.05, 4.69) is 16.5 Å². The van der Waals surface area contributed by atoms with Crippen molar-refractivity contribution >= 4 is 45.1 Å². The maximum Gasteiger partial charge on any atom is 0.340 e. The molecule has 4 unspecified atom stereocenters. The van der Waals surface area contributed by atoms with Crippen LogP contribution in [0.3, 0.4) is 0 Å². The largest absolute Gasteiger partial charge is 0.463 e. The zero-order chi connectivity index (χ0) is 27.3. The molecule has 0 aliphatic rings. The van der Waals surface area contributed by atoms with E-state index in [1.54, 1.807) is 20.8 Å². The Balaban J connectivity index is 5.62. The van der Waals surface area contributed by atoms with Crippen LogP contribution < -0.4 is 5.32 Å². The summed E-state index contributed by atoms with van der Waals surface area (Å²) in [7, 11) is 2.11. The standard InChI is InChI=1S/C21H38NO10PS2/c1-8-19(4,17(25)30-11-12-33(27)35-34)31-14-21(6,18(26)29-10-9-23)32-13-20(5,28-7)16(24)22-15(2)3/h15,23H,8-14H2,1-7H3,(H,22,24). The molecule has 0 aromatic carbocycles. The smallest absolute Gasteiger partial charge is 0.340 e. The molecule has 0 fully saturated rings. The van der Waals surface area contributed by atoms with Gasteiger partial charge in [0.1, 0.15) is 13.2 Å². The number of carbonyl (C=O) groups is 3. The van der Waals surface area contributed by atoms with E-state index < -0.39 is 54.4 Å². The molecular weight excluding hydrogens is 521 g/mol. The normalized spacial score (nSPS) is 16.9. The van der Waals surface area contributed by atoms with E-state index in [4.69, 9.17) is 28.8 Å². The van der Waals surface area contributed by atoms with E-state index in [9.17, 15) is 18.9 Å². The number of amides is 1. The lowest BCUT2D eigenvalue weighted by Gasteiger charge is -2.35. The molecule has 0 aromatic rings. The minimum Gasteiger partial charge on any atom is -0.463 e. The summed E-state index contributed by atoms with van der Waals surface area (Å²) < 4.78 is 38.7. The minimum atomic E-state index is -1.76. The number of esters is 2. The highest BCUT2D eigenvalue weighted by atomic mass is 32.9. The van der Waals surface area contributed by atoms with Crippen LogP contribution in [-0.4, -0.2) is 92.1 Å². The third kappa shape index (κ3) is 11.2. The third-order valence-corrected chi connectivity index (χ3v) is 8.39. The van der Waals surface area contributed by atoms with Crippen LogP contribution in [0.4, 0.5) is 0 Å². The van der Waals surface area contributed by atoms with E-state index in [1.165, 1.54) is 27.9 Å². The predicted molar refractivity (Wildman–Crippen MR) is 134 cm³/mol. The van der Waals surface area contributed by atoms with Crippen LogP contribution in [0.2, 0.25) is 0 Å². The number of rotatable bonds is 17. The fraction of sp³-hybridized carbons (Fsp3) is 0.857. The number of aliphatic hydroxyl groups is 1. The first-order valence-corrected chi connectivity index (χ1v) is 14.9. The molecule has 0 rings (SSSR count). The molecule has 0 radical (unpaired) electrons. The molecule has 14 heteroatoms. The van der Waals surface area contributed by atoms with Gasteiger partial charge in [-0.05, 0) is 61.7 Å². The molecule has 35 heavy (non-hydrogen) atoms. The minimum absolute atomic E-state index is 0.0971. The van der Waals surface area contributed by atoms with Crippen molar-refractivity contribution in [2.24, 2.45) is 0 Å².